The number of nitrogens with zero attached hydrogens (tertiary/aromatic N) is 1. The lowest BCUT2D eigenvalue weighted by molar-refractivity contribution is -0.131. The minimum Gasteiger partial charge on any atom is -0.319 e. The van der Waals surface area contributed by atoms with Gasteiger partial charge in [0.15, 0.2) is 0 Å². The molecule has 3 rings (SSSR count). The van der Waals surface area contributed by atoms with Crippen molar-refractivity contribution in [1.29, 1.82) is 0 Å². The predicted octanol–water partition coefficient (Wildman–Crippen LogP) is 3.27. The van der Waals surface area contributed by atoms with E-state index in [1.54, 1.807) is 6.92 Å². The van der Waals surface area contributed by atoms with Crippen molar-refractivity contribution in [2.45, 2.75) is 32.9 Å². The van der Waals surface area contributed by atoms with Gasteiger partial charge in [0, 0.05) is 0 Å². The number of urea groups is 1. The molecule has 2 aromatic carbocycles. The van der Waals surface area contributed by atoms with Gasteiger partial charge in [-0.25, -0.2) is 4.79 Å². The molecule has 3 amide bonds. The van der Waals surface area contributed by atoms with E-state index in [-0.39, 0.29) is 11.9 Å². The summed E-state index contributed by atoms with van der Waals surface area (Å²) in [7, 11) is 0. The number of benzene rings is 2. The molecule has 0 radical (unpaired) electrons. The maximum atomic E-state index is 12.9. The van der Waals surface area contributed by atoms with Gasteiger partial charge in [-0.1, -0.05) is 48.5 Å². The second-order valence-electron chi connectivity index (χ2n) is 6.19. The fourth-order valence-electron chi connectivity index (χ4n) is 3.11. The molecule has 0 aliphatic carbocycles. The van der Waals surface area contributed by atoms with E-state index >= 15 is 0 Å². The third-order valence-corrected chi connectivity index (χ3v) is 4.55. The zero-order valence-electron chi connectivity index (χ0n) is 13.6. The molecule has 0 saturated carbocycles. The predicted molar refractivity (Wildman–Crippen MR) is 88.8 cm³/mol. The van der Waals surface area contributed by atoms with Crippen molar-refractivity contribution >= 4 is 11.9 Å². The number of hydrogen-bond acceptors (Lipinski definition) is 2. The van der Waals surface area contributed by atoms with Crippen molar-refractivity contribution in [3.05, 3.63) is 70.8 Å². The molecule has 4 nitrogen and oxygen atoms in total. The number of rotatable bonds is 3. The lowest BCUT2D eigenvalue weighted by Gasteiger charge is -2.24. The van der Waals surface area contributed by atoms with Gasteiger partial charge in [0.1, 0.15) is 5.54 Å². The van der Waals surface area contributed by atoms with Crippen LogP contribution in [0.2, 0.25) is 0 Å². The van der Waals surface area contributed by atoms with Gasteiger partial charge in [-0.15, -0.1) is 0 Å². The Hall–Kier alpha value is -2.62. The van der Waals surface area contributed by atoms with Crippen molar-refractivity contribution < 1.29 is 9.59 Å². The van der Waals surface area contributed by atoms with E-state index in [1.807, 2.05) is 62.4 Å². The minimum absolute atomic E-state index is 0.208. The Labute approximate surface area is 136 Å². The third-order valence-electron chi connectivity index (χ3n) is 4.55. The number of aryl methyl sites for hydroxylation is 2. The molecule has 4 heteroatoms. The lowest BCUT2D eigenvalue weighted by atomic mass is 9.88. The first-order chi connectivity index (χ1) is 10.9. The molecular formula is C19H20N2O2. The molecule has 1 aliphatic rings. The summed E-state index contributed by atoms with van der Waals surface area (Å²) in [4.78, 5) is 26.6. The summed E-state index contributed by atoms with van der Waals surface area (Å²) in [5.41, 5.74) is 2.86. The van der Waals surface area contributed by atoms with Crippen LogP contribution in [0.25, 0.3) is 0 Å². The number of nitrogens with one attached hydrogen (secondary N) is 1. The molecule has 1 aliphatic heterocycles. The number of hydrogen-bond donors (Lipinski definition) is 1. The molecule has 0 spiro atoms. The van der Waals surface area contributed by atoms with Crippen LogP contribution < -0.4 is 5.32 Å². The Bertz CT molecular complexity index is 784. The summed E-state index contributed by atoms with van der Waals surface area (Å²) < 4.78 is 0. The SMILES string of the molecule is Cc1ccccc1CN1C(=O)NC(C)(c2ccccc2C)C1=O. The lowest BCUT2D eigenvalue weighted by Crippen LogP contribution is -2.41. The fourth-order valence-corrected chi connectivity index (χ4v) is 3.11. The highest BCUT2D eigenvalue weighted by molar-refractivity contribution is 6.07. The van der Waals surface area contributed by atoms with Gasteiger partial charge < -0.3 is 5.32 Å². The normalized spacial score (nSPS) is 20.7. The first-order valence-electron chi connectivity index (χ1n) is 7.68. The summed E-state index contributed by atoms with van der Waals surface area (Å²) >= 11 is 0. The van der Waals surface area contributed by atoms with Crippen molar-refractivity contribution in [3.63, 3.8) is 0 Å². The van der Waals surface area contributed by atoms with Crippen LogP contribution in [0.15, 0.2) is 48.5 Å². The van der Waals surface area contributed by atoms with Crippen LogP contribution in [0.3, 0.4) is 0 Å². The van der Waals surface area contributed by atoms with Crippen LogP contribution in [-0.2, 0) is 16.9 Å². The molecule has 0 aromatic heterocycles. The van der Waals surface area contributed by atoms with Crippen LogP contribution in [-0.4, -0.2) is 16.8 Å². The van der Waals surface area contributed by atoms with Crippen LogP contribution in [0, 0.1) is 13.8 Å². The summed E-state index contributed by atoms with van der Waals surface area (Å²) in [6.45, 7) is 5.99. The Morgan fingerprint density at radius 2 is 1.57 bits per heavy atom. The van der Waals surface area contributed by atoms with Crippen molar-refractivity contribution in [2.24, 2.45) is 0 Å². The van der Waals surface area contributed by atoms with Crippen molar-refractivity contribution in [2.75, 3.05) is 0 Å². The zero-order valence-corrected chi connectivity index (χ0v) is 13.6. The van der Waals surface area contributed by atoms with Crippen molar-refractivity contribution in [1.82, 2.24) is 10.2 Å². The Kier molecular flexibility index (Phi) is 3.68. The van der Waals surface area contributed by atoms with Crippen LogP contribution in [0.1, 0.15) is 29.2 Å². The van der Waals surface area contributed by atoms with E-state index in [0.29, 0.717) is 6.54 Å². The standard InChI is InChI=1S/C19H20N2O2/c1-13-8-4-6-10-15(13)12-21-17(22)19(3,20-18(21)23)16-11-7-5-9-14(16)2/h4-11H,12H2,1-3H3,(H,20,23). The number of carbonyl (C=O) groups excluding carboxylic acids is 2. The largest absolute Gasteiger partial charge is 0.325 e. The van der Waals surface area contributed by atoms with E-state index in [0.717, 1.165) is 22.3 Å². The average Bonchev–Trinajstić information content (AvgIpc) is 2.74. The Balaban J connectivity index is 1.94. The molecule has 1 N–H and O–H groups in total. The zero-order chi connectivity index (χ0) is 16.6. The maximum Gasteiger partial charge on any atom is 0.325 e. The molecule has 2 aromatic rings. The molecular weight excluding hydrogens is 288 g/mol. The summed E-state index contributed by atoms with van der Waals surface area (Å²) in [6.07, 6.45) is 0. The van der Waals surface area contributed by atoms with Gasteiger partial charge in [-0.3, -0.25) is 9.69 Å². The van der Waals surface area contributed by atoms with Crippen molar-refractivity contribution in [3.8, 4) is 0 Å². The number of imide groups is 1. The highest BCUT2D eigenvalue weighted by Crippen LogP contribution is 2.31. The Morgan fingerprint density at radius 1 is 0.957 bits per heavy atom. The van der Waals surface area contributed by atoms with E-state index < -0.39 is 5.54 Å². The van der Waals surface area contributed by atoms with Gasteiger partial charge in [0.2, 0.25) is 0 Å². The molecule has 0 bridgehead atoms. The monoisotopic (exact) mass is 308 g/mol. The Morgan fingerprint density at radius 3 is 2.22 bits per heavy atom. The molecule has 118 valence electrons. The quantitative estimate of drug-likeness (QED) is 0.885. The highest BCUT2D eigenvalue weighted by Gasteiger charge is 2.49. The summed E-state index contributed by atoms with van der Waals surface area (Å²) in [5.74, 6) is -0.208. The smallest absolute Gasteiger partial charge is 0.319 e. The minimum atomic E-state index is -1.01. The number of carbonyl (C=O) groups is 2. The van der Waals surface area contributed by atoms with E-state index in [9.17, 15) is 9.59 Å². The highest BCUT2D eigenvalue weighted by atomic mass is 16.2. The summed E-state index contributed by atoms with van der Waals surface area (Å²) in [5, 5.41) is 2.86. The van der Waals surface area contributed by atoms with Gasteiger partial charge in [0.05, 0.1) is 6.54 Å². The molecule has 1 fully saturated rings. The fraction of sp³-hybridized carbons (Fsp3) is 0.263. The third kappa shape index (κ3) is 2.50. The van der Waals surface area contributed by atoms with Gasteiger partial charge in [0.25, 0.3) is 5.91 Å². The molecule has 1 atom stereocenters. The average molecular weight is 308 g/mol. The van der Waals surface area contributed by atoms with Crippen LogP contribution in [0.5, 0.6) is 0 Å². The first-order valence-corrected chi connectivity index (χ1v) is 7.68. The second kappa shape index (κ2) is 5.54. The van der Waals surface area contributed by atoms with Crippen LogP contribution >= 0.6 is 0 Å². The second-order valence-corrected chi connectivity index (χ2v) is 6.19. The van der Waals surface area contributed by atoms with Gasteiger partial charge in [-0.05, 0) is 43.0 Å². The topological polar surface area (TPSA) is 49.4 Å². The maximum absolute atomic E-state index is 12.9. The van der Waals surface area contributed by atoms with E-state index in [2.05, 4.69) is 5.32 Å². The molecule has 1 heterocycles. The molecule has 23 heavy (non-hydrogen) atoms. The summed E-state index contributed by atoms with van der Waals surface area (Å²) in [6, 6.07) is 15.1. The van der Waals surface area contributed by atoms with Gasteiger partial charge >= 0.3 is 6.03 Å². The number of amides is 3. The molecule has 1 saturated heterocycles. The van der Waals surface area contributed by atoms with E-state index in [1.165, 1.54) is 4.90 Å². The van der Waals surface area contributed by atoms with Gasteiger partial charge in [-0.2, -0.15) is 0 Å². The molecule has 1 unspecified atom stereocenters. The van der Waals surface area contributed by atoms with E-state index in [4.69, 9.17) is 0 Å². The van der Waals surface area contributed by atoms with Crippen LogP contribution in [0.4, 0.5) is 4.79 Å². The first kappa shape index (κ1) is 15.3.